The van der Waals surface area contributed by atoms with Gasteiger partial charge in [-0.05, 0) is 39.3 Å². The van der Waals surface area contributed by atoms with E-state index in [1.54, 1.807) is 29.4 Å². The fraction of sp³-hybridized carbons (Fsp3) is 0.632. The van der Waals surface area contributed by atoms with Gasteiger partial charge < -0.3 is 4.74 Å². The molecule has 25 heavy (non-hydrogen) atoms. The van der Waals surface area contributed by atoms with E-state index in [9.17, 15) is 8.42 Å². The van der Waals surface area contributed by atoms with Gasteiger partial charge in [-0.1, -0.05) is 25.8 Å². The molecule has 1 atom stereocenters. The van der Waals surface area contributed by atoms with Crippen LogP contribution in [0.2, 0.25) is 0 Å². The van der Waals surface area contributed by atoms with E-state index in [0.717, 1.165) is 24.8 Å². The van der Waals surface area contributed by atoms with Crippen LogP contribution in [-0.2, 0) is 10.0 Å². The Labute approximate surface area is 151 Å². The van der Waals surface area contributed by atoms with Crippen LogP contribution in [0.5, 0.6) is 5.75 Å². The Hall–Kier alpha value is -1.58. The molecule has 0 N–H and O–H groups in total. The molecule has 0 aliphatic carbocycles. The molecule has 2 rings (SSSR count). The minimum atomic E-state index is -3.35. The van der Waals surface area contributed by atoms with Crippen molar-refractivity contribution < 1.29 is 13.2 Å². The molecule has 1 heterocycles. The average Bonchev–Trinajstić information content (AvgIpc) is 2.57. The molecule has 0 radical (unpaired) electrons. The lowest BCUT2D eigenvalue weighted by Crippen LogP contribution is -2.44. The van der Waals surface area contributed by atoms with Crippen molar-refractivity contribution in [3.05, 3.63) is 35.2 Å². The van der Waals surface area contributed by atoms with Gasteiger partial charge in [-0.2, -0.15) is 4.31 Å². The maximum absolute atomic E-state index is 12.8. The zero-order chi connectivity index (χ0) is 18.7. The summed E-state index contributed by atoms with van der Waals surface area (Å²) in [6.07, 6.45) is 3.45. The maximum atomic E-state index is 12.8. The predicted octanol–water partition coefficient (Wildman–Crippen LogP) is 4.68. The van der Waals surface area contributed by atoms with Gasteiger partial charge in [0.1, 0.15) is 11.4 Å². The fourth-order valence-electron chi connectivity index (χ4n) is 3.30. The topological polar surface area (TPSA) is 51.0 Å². The van der Waals surface area contributed by atoms with Gasteiger partial charge in [-0.15, -0.1) is 0 Å². The van der Waals surface area contributed by atoms with Crippen molar-refractivity contribution in [3.8, 4) is 5.75 Å². The first kappa shape index (κ1) is 19.7. The second-order valence-electron chi connectivity index (χ2n) is 7.13. The molecule has 0 spiro atoms. The molecule has 0 bridgehead atoms. The van der Waals surface area contributed by atoms with Crippen molar-refractivity contribution in [1.29, 1.82) is 0 Å². The Balaban J connectivity index is 2.50. The van der Waals surface area contributed by atoms with Crippen LogP contribution in [0.15, 0.2) is 18.2 Å². The summed E-state index contributed by atoms with van der Waals surface area (Å²) in [5.41, 5.74) is 0.861. The summed E-state index contributed by atoms with van der Waals surface area (Å²) in [7, 11) is -3.35. The van der Waals surface area contributed by atoms with Gasteiger partial charge >= 0.3 is 0 Å². The Morgan fingerprint density at radius 3 is 2.64 bits per heavy atom. The molecule has 1 aromatic rings. The van der Waals surface area contributed by atoms with Crippen LogP contribution >= 0.6 is 0 Å². The molecule has 1 aromatic carbocycles. The van der Waals surface area contributed by atoms with Crippen LogP contribution in [0.3, 0.4) is 0 Å². The number of sulfonamides is 1. The van der Waals surface area contributed by atoms with Gasteiger partial charge in [0.25, 0.3) is 0 Å². The average molecular weight is 365 g/mol. The van der Waals surface area contributed by atoms with Crippen LogP contribution in [0, 0.1) is 6.57 Å². The van der Waals surface area contributed by atoms with E-state index in [-0.39, 0.29) is 11.8 Å². The summed E-state index contributed by atoms with van der Waals surface area (Å²) < 4.78 is 33.3. The molecular weight excluding hydrogens is 336 g/mol. The number of rotatable bonds is 7. The molecule has 6 heteroatoms. The number of hydrogen-bond acceptors (Lipinski definition) is 3. The Bertz CT molecular complexity index is 750. The van der Waals surface area contributed by atoms with E-state index in [1.165, 1.54) is 0 Å². The highest BCUT2D eigenvalue weighted by Crippen LogP contribution is 2.45. The number of benzene rings is 1. The first-order valence-electron chi connectivity index (χ1n) is 8.94. The lowest BCUT2D eigenvalue weighted by molar-refractivity contribution is 0.0501. The predicted molar refractivity (Wildman–Crippen MR) is 100 cm³/mol. The third-order valence-corrected chi connectivity index (χ3v) is 6.49. The lowest BCUT2D eigenvalue weighted by Gasteiger charge is -2.42. The van der Waals surface area contributed by atoms with Gasteiger partial charge in [0.05, 0.1) is 18.4 Å². The standard InChI is InChI=1S/C19H28N2O3S/c1-6-8-9-12-21(25(22,23)7-2)17-14-19(3,4)24-18-11-10-15(20-5)13-16(17)18/h10-11,13,17H,6-9,12,14H2,1-4H3. The van der Waals surface area contributed by atoms with Gasteiger partial charge in [0.2, 0.25) is 10.0 Å². The van der Waals surface area contributed by atoms with Crippen molar-refractivity contribution in [2.45, 2.75) is 65.0 Å². The molecule has 0 saturated carbocycles. The molecule has 0 aromatic heterocycles. The number of unbranched alkanes of at least 4 members (excludes halogenated alkanes) is 2. The third kappa shape index (κ3) is 4.53. The van der Waals surface area contributed by atoms with Crippen LogP contribution in [0.1, 0.15) is 65.0 Å². The van der Waals surface area contributed by atoms with Crippen LogP contribution in [0.25, 0.3) is 4.85 Å². The summed E-state index contributed by atoms with van der Waals surface area (Å²) >= 11 is 0. The van der Waals surface area contributed by atoms with Gasteiger partial charge in [0, 0.05) is 18.5 Å². The molecule has 0 fully saturated rings. The summed E-state index contributed by atoms with van der Waals surface area (Å²) in [6.45, 7) is 15.5. The highest BCUT2D eigenvalue weighted by Gasteiger charge is 2.40. The van der Waals surface area contributed by atoms with E-state index in [1.807, 2.05) is 13.8 Å². The zero-order valence-electron chi connectivity index (χ0n) is 15.6. The van der Waals surface area contributed by atoms with E-state index >= 15 is 0 Å². The number of ether oxygens (including phenoxy) is 1. The van der Waals surface area contributed by atoms with Crippen molar-refractivity contribution in [1.82, 2.24) is 4.31 Å². The van der Waals surface area contributed by atoms with Crippen LogP contribution < -0.4 is 4.74 Å². The Morgan fingerprint density at radius 1 is 1.32 bits per heavy atom. The molecule has 1 aliphatic heterocycles. The van der Waals surface area contributed by atoms with Crippen molar-refractivity contribution in [2.24, 2.45) is 0 Å². The highest BCUT2D eigenvalue weighted by atomic mass is 32.2. The van der Waals surface area contributed by atoms with E-state index < -0.39 is 15.6 Å². The van der Waals surface area contributed by atoms with Gasteiger partial charge in [-0.3, -0.25) is 0 Å². The van der Waals surface area contributed by atoms with Crippen molar-refractivity contribution in [2.75, 3.05) is 12.3 Å². The van der Waals surface area contributed by atoms with E-state index in [2.05, 4.69) is 11.8 Å². The molecule has 0 saturated heterocycles. The second-order valence-corrected chi connectivity index (χ2v) is 9.34. The third-order valence-electron chi connectivity index (χ3n) is 4.60. The minimum absolute atomic E-state index is 0.0781. The fourth-order valence-corrected chi connectivity index (χ4v) is 4.62. The lowest BCUT2D eigenvalue weighted by atomic mass is 9.89. The Morgan fingerprint density at radius 2 is 2.04 bits per heavy atom. The normalized spacial score (nSPS) is 19.1. The van der Waals surface area contributed by atoms with Crippen LogP contribution in [0.4, 0.5) is 5.69 Å². The van der Waals surface area contributed by atoms with Crippen LogP contribution in [-0.4, -0.2) is 30.6 Å². The summed E-state index contributed by atoms with van der Waals surface area (Å²) in [6, 6.07) is 5.00. The smallest absolute Gasteiger partial charge is 0.214 e. The van der Waals surface area contributed by atoms with Crippen molar-refractivity contribution in [3.63, 3.8) is 0 Å². The molecule has 1 unspecified atom stereocenters. The number of nitrogens with zero attached hydrogens (tertiary/aromatic N) is 2. The summed E-state index contributed by atoms with van der Waals surface area (Å²) in [5, 5.41) is 0. The highest BCUT2D eigenvalue weighted by molar-refractivity contribution is 7.89. The largest absolute Gasteiger partial charge is 0.488 e. The molecule has 0 amide bonds. The first-order valence-corrected chi connectivity index (χ1v) is 10.5. The molecular formula is C19H28N2O3S. The summed E-state index contributed by atoms with van der Waals surface area (Å²) in [5.74, 6) is 0.759. The molecule has 138 valence electrons. The quantitative estimate of drug-likeness (QED) is 0.521. The molecule has 5 nitrogen and oxygen atoms in total. The van der Waals surface area contributed by atoms with E-state index in [4.69, 9.17) is 11.3 Å². The maximum Gasteiger partial charge on any atom is 0.214 e. The van der Waals surface area contributed by atoms with Gasteiger partial charge in [-0.25, -0.2) is 13.3 Å². The zero-order valence-corrected chi connectivity index (χ0v) is 16.4. The van der Waals surface area contributed by atoms with Gasteiger partial charge in [0.15, 0.2) is 5.69 Å². The Kier molecular flexibility index (Phi) is 6.12. The van der Waals surface area contributed by atoms with E-state index in [0.29, 0.717) is 24.4 Å². The van der Waals surface area contributed by atoms with Crippen molar-refractivity contribution >= 4 is 15.7 Å². The second kappa shape index (κ2) is 7.76. The number of hydrogen-bond donors (Lipinski definition) is 0. The SMILES string of the molecule is [C-]#[N+]c1ccc2c(c1)C(N(CCCCC)S(=O)(=O)CC)CC(C)(C)O2. The first-order chi connectivity index (χ1) is 11.7. The summed E-state index contributed by atoms with van der Waals surface area (Å²) in [4.78, 5) is 3.49. The minimum Gasteiger partial charge on any atom is -0.488 e. The number of fused-ring (bicyclic) bond motifs is 1. The monoisotopic (exact) mass is 364 g/mol. The molecule has 1 aliphatic rings.